The Morgan fingerprint density at radius 1 is 1.44 bits per heavy atom. The van der Waals surface area contributed by atoms with Gasteiger partial charge in [0, 0.05) is 31.2 Å². The van der Waals surface area contributed by atoms with E-state index in [0.29, 0.717) is 11.4 Å². The average Bonchev–Trinajstić information content (AvgIpc) is 3.10. The molecule has 1 N–H and O–H groups in total. The first-order chi connectivity index (χ1) is 12.1. The molecule has 0 radical (unpaired) electrons. The molecule has 0 aliphatic carbocycles. The monoisotopic (exact) mass is 337 g/mol. The van der Waals surface area contributed by atoms with Gasteiger partial charge in [-0.25, -0.2) is 4.98 Å². The molecule has 1 aliphatic rings. The topological polar surface area (TPSA) is 95.1 Å². The lowest BCUT2D eigenvalue weighted by molar-refractivity contribution is -0.385. The van der Waals surface area contributed by atoms with E-state index < -0.39 is 4.92 Å². The summed E-state index contributed by atoms with van der Waals surface area (Å²) in [7, 11) is 0. The smallest absolute Gasteiger partial charge is 0.287 e. The summed E-state index contributed by atoms with van der Waals surface area (Å²) in [5.41, 5.74) is 1.80. The molecule has 1 fully saturated rings. The highest BCUT2D eigenvalue weighted by Gasteiger charge is 2.27. The molecule has 1 aromatic heterocycles. The van der Waals surface area contributed by atoms with Gasteiger partial charge in [-0.05, 0) is 37.1 Å². The fraction of sp³-hybridized carbons (Fsp3) is 0.333. The summed E-state index contributed by atoms with van der Waals surface area (Å²) in [6.07, 6.45) is 2.24. The van der Waals surface area contributed by atoms with Crippen LogP contribution in [0.15, 0.2) is 42.6 Å². The van der Waals surface area contributed by atoms with Crippen LogP contribution in [0.5, 0.6) is 0 Å². The van der Waals surface area contributed by atoms with Gasteiger partial charge in [0.2, 0.25) is 0 Å². The van der Waals surface area contributed by atoms with Crippen molar-refractivity contribution in [3.8, 4) is 6.07 Å². The highest BCUT2D eigenvalue weighted by molar-refractivity contribution is 5.41. The third kappa shape index (κ3) is 3.92. The first-order valence-electron chi connectivity index (χ1n) is 8.18. The SMILES string of the molecule is CC(c1cccc(C#N)c1)N1CCC(Nc2ccc([N+](=O)[O-])cn2)C1. The minimum atomic E-state index is -0.453. The maximum Gasteiger partial charge on any atom is 0.287 e. The average molecular weight is 337 g/mol. The second kappa shape index (κ2) is 7.28. The van der Waals surface area contributed by atoms with Gasteiger partial charge in [-0.3, -0.25) is 15.0 Å². The summed E-state index contributed by atoms with van der Waals surface area (Å²) in [6.45, 7) is 3.95. The van der Waals surface area contributed by atoms with Gasteiger partial charge in [-0.1, -0.05) is 12.1 Å². The Balaban J connectivity index is 1.61. The van der Waals surface area contributed by atoms with Crippen molar-refractivity contribution in [2.24, 2.45) is 0 Å². The highest BCUT2D eigenvalue weighted by atomic mass is 16.6. The number of nitriles is 1. The molecular weight excluding hydrogens is 318 g/mol. The van der Waals surface area contributed by atoms with Gasteiger partial charge in [0.15, 0.2) is 0 Å². The van der Waals surface area contributed by atoms with Gasteiger partial charge in [0.25, 0.3) is 5.69 Å². The van der Waals surface area contributed by atoms with Gasteiger partial charge in [-0.15, -0.1) is 0 Å². The molecule has 0 spiro atoms. The van der Waals surface area contributed by atoms with Crippen molar-refractivity contribution in [2.75, 3.05) is 18.4 Å². The van der Waals surface area contributed by atoms with E-state index in [1.54, 1.807) is 6.07 Å². The number of rotatable bonds is 5. The number of aromatic nitrogens is 1. The number of benzene rings is 1. The predicted octanol–water partition coefficient (Wildman–Crippen LogP) is 3.11. The molecule has 2 atom stereocenters. The molecule has 1 saturated heterocycles. The van der Waals surface area contributed by atoms with Crippen LogP contribution in [-0.2, 0) is 0 Å². The van der Waals surface area contributed by atoms with Crippen molar-refractivity contribution in [2.45, 2.75) is 25.4 Å². The Labute approximate surface area is 146 Å². The zero-order valence-corrected chi connectivity index (χ0v) is 13.9. The number of nitrogens with zero attached hydrogens (tertiary/aromatic N) is 4. The Hall–Kier alpha value is -2.98. The van der Waals surface area contributed by atoms with Crippen LogP contribution in [0.3, 0.4) is 0 Å². The number of hydrogen-bond donors (Lipinski definition) is 1. The van der Waals surface area contributed by atoms with Crippen LogP contribution in [0.1, 0.15) is 30.5 Å². The van der Waals surface area contributed by atoms with Crippen LogP contribution in [0.4, 0.5) is 11.5 Å². The first-order valence-corrected chi connectivity index (χ1v) is 8.18. The number of nitro groups is 1. The van der Waals surface area contributed by atoms with Crippen LogP contribution in [0.2, 0.25) is 0 Å². The second-order valence-electron chi connectivity index (χ2n) is 6.20. The molecule has 0 saturated carbocycles. The second-order valence-corrected chi connectivity index (χ2v) is 6.20. The fourth-order valence-electron chi connectivity index (χ4n) is 3.12. The van der Waals surface area contributed by atoms with Gasteiger partial charge >= 0.3 is 0 Å². The lowest BCUT2D eigenvalue weighted by Crippen LogP contribution is -2.28. The minimum absolute atomic E-state index is 0.00963. The maximum atomic E-state index is 10.7. The number of hydrogen-bond acceptors (Lipinski definition) is 6. The Morgan fingerprint density at radius 3 is 2.96 bits per heavy atom. The van der Waals surface area contributed by atoms with Crippen molar-refractivity contribution in [1.29, 1.82) is 5.26 Å². The molecule has 0 bridgehead atoms. The van der Waals surface area contributed by atoms with Crippen molar-refractivity contribution < 1.29 is 4.92 Å². The third-order valence-electron chi connectivity index (χ3n) is 4.58. The minimum Gasteiger partial charge on any atom is -0.366 e. The van der Waals surface area contributed by atoms with Gasteiger partial charge < -0.3 is 5.32 Å². The number of anilines is 1. The Morgan fingerprint density at radius 2 is 2.28 bits per heavy atom. The lowest BCUT2D eigenvalue weighted by Gasteiger charge is -2.25. The molecule has 128 valence electrons. The quantitative estimate of drug-likeness (QED) is 0.665. The molecule has 2 aromatic rings. The van der Waals surface area contributed by atoms with Crippen LogP contribution >= 0.6 is 0 Å². The van der Waals surface area contributed by atoms with Crippen molar-refractivity contribution >= 4 is 11.5 Å². The molecular formula is C18H19N5O2. The highest BCUT2D eigenvalue weighted by Crippen LogP contribution is 2.26. The van der Waals surface area contributed by atoms with E-state index >= 15 is 0 Å². The Bertz CT molecular complexity index is 800. The van der Waals surface area contributed by atoms with E-state index in [4.69, 9.17) is 5.26 Å². The fourth-order valence-corrected chi connectivity index (χ4v) is 3.12. The Kier molecular flexibility index (Phi) is 4.91. The molecule has 2 heterocycles. The molecule has 1 aliphatic heterocycles. The van der Waals surface area contributed by atoms with E-state index in [9.17, 15) is 10.1 Å². The van der Waals surface area contributed by atoms with Gasteiger partial charge in [0.05, 0.1) is 16.6 Å². The van der Waals surface area contributed by atoms with Gasteiger partial charge in [0.1, 0.15) is 12.0 Å². The molecule has 7 heteroatoms. The van der Waals surface area contributed by atoms with E-state index in [0.717, 1.165) is 25.1 Å². The third-order valence-corrected chi connectivity index (χ3v) is 4.58. The standard InChI is InChI=1S/C18H19N5O2/c1-13(15-4-2-3-14(9-15)10-19)22-8-7-16(12-22)21-18-6-5-17(11-20-18)23(24)25/h2-6,9,11,13,16H,7-8,12H2,1H3,(H,20,21). The molecule has 25 heavy (non-hydrogen) atoms. The largest absolute Gasteiger partial charge is 0.366 e. The lowest BCUT2D eigenvalue weighted by atomic mass is 10.0. The summed E-state index contributed by atoms with van der Waals surface area (Å²) in [5.74, 6) is 0.650. The number of nitrogens with one attached hydrogen (secondary N) is 1. The van der Waals surface area contributed by atoms with E-state index in [1.807, 2.05) is 24.3 Å². The summed E-state index contributed by atoms with van der Waals surface area (Å²) < 4.78 is 0. The number of likely N-dealkylation sites (tertiary alicyclic amines) is 1. The van der Waals surface area contributed by atoms with E-state index in [-0.39, 0.29) is 17.8 Å². The first kappa shape index (κ1) is 16.9. The number of pyridine rings is 1. The van der Waals surface area contributed by atoms with Crippen LogP contribution in [0, 0.1) is 21.4 Å². The normalized spacial score (nSPS) is 18.5. The van der Waals surface area contributed by atoms with Crippen LogP contribution < -0.4 is 5.32 Å². The zero-order chi connectivity index (χ0) is 17.8. The molecule has 0 amide bonds. The van der Waals surface area contributed by atoms with Crippen LogP contribution in [-0.4, -0.2) is 33.9 Å². The molecule has 2 unspecified atom stereocenters. The summed E-state index contributed by atoms with van der Waals surface area (Å²) in [4.78, 5) is 16.7. The molecule has 1 aromatic carbocycles. The van der Waals surface area contributed by atoms with Crippen molar-refractivity contribution in [1.82, 2.24) is 9.88 Å². The van der Waals surface area contributed by atoms with E-state index in [2.05, 4.69) is 28.2 Å². The van der Waals surface area contributed by atoms with Gasteiger partial charge in [-0.2, -0.15) is 5.26 Å². The maximum absolute atomic E-state index is 10.7. The predicted molar refractivity (Wildman–Crippen MR) is 94.1 cm³/mol. The van der Waals surface area contributed by atoms with E-state index in [1.165, 1.54) is 12.3 Å². The summed E-state index contributed by atoms with van der Waals surface area (Å²) in [6, 6.07) is 13.5. The van der Waals surface area contributed by atoms with Crippen LogP contribution in [0.25, 0.3) is 0 Å². The van der Waals surface area contributed by atoms with Crippen molar-refractivity contribution in [3.63, 3.8) is 0 Å². The molecule has 7 nitrogen and oxygen atoms in total. The zero-order valence-electron chi connectivity index (χ0n) is 13.9. The molecule has 3 rings (SSSR count). The summed E-state index contributed by atoms with van der Waals surface area (Å²) >= 11 is 0. The summed E-state index contributed by atoms with van der Waals surface area (Å²) in [5, 5.41) is 23.1. The van der Waals surface area contributed by atoms with Crippen molar-refractivity contribution in [3.05, 3.63) is 63.8 Å².